The lowest BCUT2D eigenvalue weighted by Crippen LogP contribution is -2.12. The summed E-state index contributed by atoms with van der Waals surface area (Å²) in [6.07, 6.45) is 0. The van der Waals surface area contributed by atoms with Gasteiger partial charge in [-0.15, -0.1) is 11.3 Å². The molecular formula is C26H18BrN3OS. The van der Waals surface area contributed by atoms with Crippen LogP contribution in [0.25, 0.3) is 32.6 Å². The molecule has 0 fully saturated rings. The Hall–Kier alpha value is -3.48. The largest absolute Gasteiger partial charge is 0.397 e. The van der Waals surface area contributed by atoms with Gasteiger partial charge in [-0.2, -0.15) is 0 Å². The lowest BCUT2D eigenvalue weighted by molar-refractivity contribution is 0.103. The molecule has 3 N–H and O–H groups in total. The molecule has 0 saturated heterocycles. The van der Waals surface area contributed by atoms with Crippen LogP contribution in [-0.2, 0) is 0 Å². The number of hydrogen-bond donors (Lipinski definition) is 2. The number of nitrogens with two attached hydrogens (primary N) is 1. The highest BCUT2D eigenvalue weighted by atomic mass is 79.9. The minimum Gasteiger partial charge on any atom is -0.397 e. The van der Waals surface area contributed by atoms with Gasteiger partial charge in [0.1, 0.15) is 9.71 Å². The average Bonchev–Trinajstić information content (AvgIpc) is 3.17. The summed E-state index contributed by atoms with van der Waals surface area (Å²) < 4.78 is 0.808. The molecule has 0 atom stereocenters. The first-order valence-electron chi connectivity index (χ1n) is 10.0. The van der Waals surface area contributed by atoms with Crippen molar-refractivity contribution in [2.45, 2.75) is 0 Å². The number of para-hydroxylation sites is 1. The summed E-state index contributed by atoms with van der Waals surface area (Å²) in [5.41, 5.74) is 11.5. The minimum absolute atomic E-state index is 0.252. The third kappa shape index (κ3) is 3.79. The van der Waals surface area contributed by atoms with Crippen LogP contribution in [-0.4, -0.2) is 10.9 Å². The van der Waals surface area contributed by atoms with Crippen molar-refractivity contribution in [1.82, 2.24) is 4.98 Å². The van der Waals surface area contributed by atoms with E-state index in [4.69, 9.17) is 10.7 Å². The molecular weight excluding hydrogens is 482 g/mol. The predicted molar refractivity (Wildman–Crippen MR) is 137 cm³/mol. The fourth-order valence-electron chi connectivity index (χ4n) is 3.63. The summed E-state index contributed by atoms with van der Waals surface area (Å²) in [6, 6.07) is 29.6. The second-order valence-electron chi connectivity index (χ2n) is 7.25. The normalized spacial score (nSPS) is 10.9. The lowest BCUT2D eigenvalue weighted by atomic mass is 9.99. The van der Waals surface area contributed by atoms with E-state index in [1.54, 1.807) is 0 Å². The number of rotatable bonds is 4. The molecule has 3 aromatic carbocycles. The van der Waals surface area contributed by atoms with E-state index in [9.17, 15) is 4.79 Å². The topological polar surface area (TPSA) is 68.0 Å². The molecule has 0 radical (unpaired) electrons. The zero-order valence-corrected chi connectivity index (χ0v) is 19.3. The molecule has 0 spiro atoms. The molecule has 6 heteroatoms. The number of carbonyl (C=O) groups excluding carboxylic acids is 1. The van der Waals surface area contributed by atoms with Crippen molar-refractivity contribution in [3.63, 3.8) is 0 Å². The van der Waals surface area contributed by atoms with E-state index < -0.39 is 0 Å². The summed E-state index contributed by atoms with van der Waals surface area (Å²) in [7, 11) is 0. The van der Waals surface area contributed by atoms with Crippen molar-refractivity contribution in [3.8, 4) is 22.4 Å². The number of fused-ring (bicyclic) bond motifs is 1. The van der Waals surface area contributed by atoms with Crippen LogP contribution >= 0.6 is 27.3 Å². The van der Waals surface area contributed by atoms with E-state index in [-0.39, 0.29) is 5.91 Å². The van der Waals surface area contributed by atoms with E-state index in [1.807, 2.05) is 91.0 Å². The molecule has 5 aromatic rings. The number of nitrogen functional groups attached to an aromatic ring is 1. The van der Waals surface area contributed by atoms with Gasteiger partial charge in [0.15, 0.2) is 0 Å². The Kier molecular flexibility index (Phi) is 5.47. The molecule has 0 unspecified atom stereocenters. The van der Waals surface area contributed by atoms with E-state index in [1.165, 1.54) is 11.3 Å². The van der Waals surface area contributed by atoms with Crippen LogP contribution in [0.15, 0.2) is 95.5 Å². The zero-order chi connectivity index (χ0) is 22.1. The van der Waals surface area contributed by atoms with Crippen LogP contribution in [0.5, 0.6) is 0 Å². The fraction of sp³-hybridized carbons (Fsp3) is 0. The van der Waals surface area contributed by atoms with Crippen LogP contribution in [0.2, 0.25) is 0 Å². The number of thiophene rings is 1. The smallest absolute Gasteiger partial charge is 0.267 e. The Balaban J connectivity index is 1.68. The van der Waals surface area contributed by atoms with Gasteiger partial charge in [-0.3, -0.25) is 4.79 Å². The van der Waals surface area contributed by atoms with Crippen LogP contribution in [0.4, 0.5) is 11.4 Å². The Bertz CT molecular complexity index is 1430. The molecule has 0 saturated carbocycles. The monoisotopic (exact) mass is 499 g/mol. The van der Waals surface area contributed by atoms with Crippen LogP contribution < -0.4 is 11.1 Å². The van der Waals surface area contributed by atoms with Crippen molar-refractivity contribution in [1.29, 1.82) is 0 Å². The highest BCUT2D eigenvalue weighted by molar-refractivity contribution is 9.10. The number of aromatic nitrogens is 1. The first-order valence-corrected chi connectivity index (χ1v) is 11.6. The molecule has 156 valence electrons. The Morgan fingerprint density at radius 1 is 0.875 bits per heavy atom. The van der Waals surface area contributed by atoms with Gasteiger partial charge in [-0.25, -0.2) is 4.98 Å². The molecule has 1 amide bonds. The molecule has 0 aliphatic heterocycles. The molecule has 2 heterocycles. The second kappa shape index (κ2) is 8.57. The number of halogens is 1. The fourth-order valence-corrected chi connectivity index (χ4v) is 5.03. The summed E-state index contributed by atoms with van der Waals surface area (Å²) in [5, 5.41) is 3.75. The van der Waals surface area contributed by atoms with Gasteiger partial charge in [-0.05, 0) is 45.3 Å². The Morgan fingerprint density at radius 2 is 1.50 bits per heavy atom. The molecule has 0 aliphatic rings. The Morgan fingerprint density at radius 3 is 2.19 bits per heavy atom. The minimum atomic E-state index is -0.252. The highest BCUT2D eigenvalue weighted by Crippen LogP contribution is 2.41. The van der Waals surface area contributed by atoms with Gasteiger partial charge < -0.3 is 11.1 Å². The number of amides is 1. The summed E-state index contributed by atoms with van der Waals surface area (Å²) in [4.78, 5) is 19.2. The first-order chi connectivity index (χ1) is 15.6. The molecule has 0 aliphatic carbocycles. The van der Waals surface area contributed by atoms with E-state index in [0.29, 0.717) is 16.3 Å². The second-order valence-corrected chi connectivity index (χ2v) is 9.10. The van der Waals surface area contributed by atoms with Gasteiger partial charge in [0.2, 0.25) is 0 Å². The molecule has 0 bridgehead atoms. The predicted octanol–water partition coefficient (Wildman–Crippen LogP) is 7.23. The van der Waals surface area contributed by atoms with Gasteiger partial charge in [0.25, 0.3) is 5.91 Å². The third-order valence-electron chi connectivity index (χ3n) is 5.18. The third-order valence-corrected chi connectivity index (χ3v) is 6.97. The number of pyridine rings is 1. The van der Waals surface area contributed by atoms with Crippen molar-refractivity contribution >= 4 is 54.8 Å². The summed E-state index contributed by atoms with van der Waals surface area (Å²) in [5.74, 6) is -0.252. The van der Waals surface area contributed by atoms with Crippen molar-refractivity contribution in [3.05, 3.63) is 100 Å². The lowest BCUT2D eigenvalue weighted by Gasteiger charge is -2.09. The summed E-state index contributed by atoms with van der Waals surface area (Å²) in [6.45, 7) is 0. The molecule has 32 heavy (non-hydrogen) atoms. The van der Waals surface area contributed by atoms with Gasteiger partial charge in [0.05, 0.1) is 17.1 Å². The summed E-state index contributed by atoms with van der Waals surface area (Å²) >= 11 is 4.78. The number of hydrogen-bond acceptors (Lipinski definition) is 4. The maximum absolute atomic E-state index is 13.1. The zero-order valence-electron chi connectivity index (χ0n) is 16.9. The Labute approximate surface area is 197 Å². The SMILES string of the molecule is Nc1c(C(=O)Nc2ccccc2Br)sc2nc(-c3ccccc3)cc(-c3ccccc3)c12. The van der Waals surface area contributed by atoms with E-state index in [2.05, 4.69) is 21.2 Å². The highest BCUT2D eigenvalue weighted by Gasteiger charge is 2.22. The van der Waals surface area contributed by atoms with Crippen LogP contribution in [0.1, 0.15) is 9.67 Å². The van der Waals surface area contributed by atoms with Gasteiger partial charge in [-0.1, -0.05) is 72.8 Å². The molecule has 5 rings (SSSR count). The molecule has 2 aromatic heterocycles. The van der Waals surface area contributed by atoms with Gasteiger partial charge in [0, 0.05) is 15.4 Å². The van der Waals surface area contributed by atoms with Crippen molar-refractivity contribution in [2.24, 2.45) is 0 Å². The van der Waals surface area contributed by atoms with Gasteiger partial charge >= 0.3 is 0 Å². The average molecular weight is 500 g/mol. The number of benzene rings is 3. The quantitative estimate of drug-likeness (QED) is 0.274. The first kappa shape index (κ1) is 20.4. The number of nitrogens with one attached hydrogen (secondary N) is 1. The van der Waals surface area contributed by atoms with Crippen molar-refractivity contribution < 1.29 is 4.79 Å². The van der Waals surface area contributed by atoms with E-state index in [0.717, 1.165) is 37.1 Å². The number of carbonyl (C=O) groups is 1. The maximum Gasteiger partial charge on any atom is 0.267 e. The number of nitrogens with zero attached hydrogens (tertiary/aromatic N) is 1. The molecule has 4 nitrogen and oxygen atoms in total. The van der Waals surface area contributed by atoms with E-state index >= 15 is 0 Å². The van der Waals surface area contributed by atoms with Crippen molar-refractivity contribution in [2.75, 3.05) is 11.1 Å². The van der Waals surface area contributed by atoms with Crippen LogP contribution in [0, 0.1) is 0 Å². The van der Waals surface area contributed by atoms with Crippen LogP contribution in [0.3, 0.4) is 0 Å². The maximum atomic E-state index is 13.1. The standard InChI is InChI=1S/C26H18BrN3OS/c27-19-13-7-8-14-20(19)29-25(31)24-23(28)22-18(16-9-3-1-4-10-16)15-21(30-26(22)32-24)17-11-5-2-6-12-17/h1-15H,28H2,(H,29,31). The number of anilines is 2.